The Labute approximate surface area is 85.7 Å². The molecule has 0 aromatic carbocycles. The van der Waals surface area contributed by atoms with E-state index < -0.39 is 0 Å². The molecule has 1 atom stereocenters. The number of halogens is 1. The standard InChI is InChI=1S/C10H22BrN/c1-5-12(7-9(2)3)8-10(4)6-11/h9-10H,5-8H2,1-4H3. The average molecular weight is 236 g/mol. The maximum absolute atomic E-state index is 3.51. The van der Waals surface area contributed by atoms with E-state index in [1.54, 1.807) is 0 Å². The molecule has 1 unspecified atom stereocenters. The van der Waals surface area contributed by atoms with E-state index in [0.717, 1.165) is 17.2 Å². The summed E-state index contributed by atoms with van der Waals surface area (Å²) in [6.07, 6.45) is 0. The lowest BCUT2D eigenvalue weighted by molar-refractivity contribution is 0.232. The summed E-state index contributed by atoms with van der Waals surface area (Å²) in [6.45, 7) is 12.7. The summed E-state index contributed by atoms with van der Waals surface area (Å²) in [6, 6.07) is 0. The van der Waals surface area contributed by atoms with E-state index in [0.29, 0.717) is 0 Å². The van der Waals surface area contributed by atoms with Gasteiger partial charge in [0.25, 0.3) is 0 Å². The molecule has 1 nitrogen and oxygen atoms in total. The second-order valence-corrected chi connectivity index (χ2v) is 4.65. The van der Waals surface area contributed by atoms with E-state index in [4.69, 9.17) is 0 Å². The predicted molar refractivity (Wildman–Crippen MR) is 59.9 cm³/mol. The lowest BCUT2D eigenvalue weighted by Crippen LogP contribution is -2.32. The highest BCUT2D eigenvalue weighted by Gasteiger charge is 2.08. The molecule has 0 N–H and O–H groups in total. The van der Waals surface area contributed by atoms with Gasteiger partial charge in [-0.15, -0.1) is 0 Å². The van der Waals surface area contributed by atoms with Gasteiger partial charge in [-0.2, -0.15) is 0 Å². The maximum Gasteiger partial charge on any atom is 0.00692 e. The van der Waals surface area contributed by atoms with E-state index in [1.807, 2.05) is 0 Å². The van der Waals surface area contributed by atoms with Crippen LogP contribution in [0.2, 0.25) is 0 Å². The molecule has 0 aromatic rings. The summed E-state index contributed by atoms with van der Waals surface area (Å²) in [5, 5.41) is 1.11. The Bertz CT molecular complexity index is 104. The monoisotopic (exact) mass is 235 g/mol. The summed E-state index contributed by atoms with van der Waals surface area (Å²) in [5.74, 6) is 1.55. The van der Waals surface area contributed by atoms with Crippen LogP contribution in [0.3, 0.4) is 0 Å². The Kier molecular flexibility index (Phi) is 7.16. The van der Waals surface area contributed by atoms with Crippen molar-refractivity contribution in [3.8, 4) is 0 Å². The molecule has 74 valence electrons. The van der Waals surface area contributed by atoms with Crippen molar-refractivity contribution in [2.45, 2.75) is 27.7 Å². The molecule has 0 aliphatic heterocycles. The van der Waals surface area contributed by atoms with Crippen molar-refractivity contribution in [3.63, 3.8) is 0 Å². The average Bonchev–Trinajstić information content (AvgIpc) is 2.02. The van der Waals surface area contributed by atoms with Crippen molar-refractivity contribution in [2.75, 3.05) is 25.0 Å². The summed E-state index contributed by atoms with van der Waals surface area (Å²) in [5.41, 5.74) is 0. The first-order chi connectivity index (χ1) is 5.60. The molecule has 0 rings (SSSR count). The molecule has 0 amide bonds. The van der Waals surface area contributed by atoms with Gasteiger partial charge in [0.15, 0.2) is 0 Å². The highest BCUT2D eigenvalue weighted by molar-refractivity contribution is 9.09. The zero-order valence-corrected chi connectivity index (χ0v) is 10.4. The molecule has 0 saturated carbocycles. The van der Waals surface area contributed by atoms with Crippen molar-refractivity contribution in [1.29, 1.82) is 0 Å². The van der Waals surface area contributed by atoms with Gasteiger partial charge in [-0.25, -0.2) is 0 Å². The van der Waals surface area contributed by atoms with Gasteiger partial charge < -0.3 is 4.90 Å². The zero-order chi connectivity index (χ0) is 9.56. The Morgan fingerprint density at radius 1 is 1.17 bits per heavy atom. The minimum atomic E-state index is 0.767. The second kappa shape index (κ2) is 6.90. The fraction of sp³-hybridized carbons (Fsp3) is 1.00. The number of alkyl halides is 1. The first kappa shape index (κ1) is 12.4. The van der Waals surface area contributed by atoms with Gasteiger partial charge in [0, 0.05) is 18.4 Å². The highest BCUT2D eigenvalue weighted by Crippen LogP contribution is 2.05. The van der Waals surface area contributed by atoms with Crippen LogP contribution < -0.4 is 0 Å². The van der Waals surface area contributed by atoms with Crippen LogP contribution in [-0.2, 0) is 0 Å². The minimum Gasteiger partial charge on any atom is -0.303 e. The molecule has 0 fully saturated rings. The minimum absolute atomic E-state index is 0.767. The fourth-order valence-corrected chi connectivity index (χ4v) is 1.54. The van der Waals surface area contributed by atoms with Crippen LogP contribution in [-0.4, -0.2) is 29.9 Å². The lowest BCUT2D eigenvalue weighted by atomic mass is 10.1. The number of nitrogens with zero attached hydrogens (tertiary/aromatic N) is 1. The Hall–Kier alpha value is 0.440. The van der Waals surface area contributed by atoms with Crippen molar-refractivity contribution >= 4 is 15.9 Å². The van der Waals surface area contributed by atoms with E-state index in [1.165, 1.54) is 19.6 Å². The fourth-order valence-electron chi connectivity index (χ4n) is 1.34. The smallest absolute Gasteiger partial charge is 0.00692 e. The van der Waals surface area contributed by atoms with Gasteiger partial charge >= 0.3 is 0 Å². The van der Waals surface area contributed by atoms with Crippen LogP contribution in [0.1, 0.15) is 27.7 Å². The Balaban J connectivity index is 3.66. The Morgan fingerprint density at radius 2 is 1.75 bits per heavy atom. The van der Waals surface area contributed by atoms with Gasteiger partial charge in [-0.1, -0.05) is 43.6 Å². The van der Waals surface area contributed by atoms with Gasteiger partial charge in [0.05, 0.1) is 0 Å². The van der Waals surface area contributed by atoms with Crippen molar-refractivity contribution in [2.24, 2.45) is 11.8 Å². The van der Waals surface area contributed by atoms with Gasteiger partial charge in [-0.3, -0.25) is 0 Å². The molecule has 0 heterocycles. The van der Waals surface area contributed by atoms with Crippen LogP contribution in [0.25, 0.3) is 0 Å². The first-order valence-electron chi connectivity index (χ1n) is 4.88. The van der Waals surface area contributed by atoms with Crippen LogP contribution in [0.15, 0.2) is 0 Å². The van der Waals surface area contributed by atoms with E-state index in [9.17, 15) is 0 Å². The summed E-state index contributed by atoms with van der Waals surface area (Å²) < 4.78 is 0. The third kappa shape index (κ3) is 6.01. The molecule has 0 aliphatic rings. The van der Waals surface area contributed by atoms with E-state index >= 15 is 0 Å². The van der Waals surface area contributed by atoms with Crippen molar-refractivity contribution in [1.82, 2.24) is 4.90 Å². The topological polar surface area (TPSA) is 3.24 Å². The summed E-state index contributed by atoms with van der Waals surface area (Å²) >= 11 is 3.51. The maximum atomic E-state index is 3.51. The van der Waals surface area contributed by atoms with Crippen LogP contribution >= 0.6 is 15.9 Å². The van der Waals surface area contributed by atoms with Gasteiger partial charge in [-0.05, 0) is 18.4 Å². The normalized spacial score (nSPS) is 14.2. The van der Waals surface area contributed by atoms with Crippen molar-refractivity contribution in [3.05, 3.63) is 0 Å². The molecule has 0 aromatic heterocycles. The quantitative estimate of drug-likeness (QED) is 0.641. The molecule has 12 heavy (non-hydrogen) atoms. The highest BCUT2D eigenvalue weighted by atomic mass is 79.9. The SMILES string of the molecule is CCN(CC(C)C)CC(C)CBr. The number of hydrogen-bond donors (Lipinski definition) is 0. The van der Waals surface area contributed by atoms with E-state index in [-0.39, 0.29) is 0 Å². The largest absolute Gasteiger partial charge is 0.303 e. The molecular weight excluding hydrogens is 214 g/mol. The third-order valence-corrected chi connectivity index (χ3v) is 3.01. The predicted octanol–water partition coefficient (Wildman–Crippen LogP) is 3.00. The number of hydrogen-bond acceptors (Lipinski definition) is 1. The molecule has 0 spiro atoms. The van der Waals surface area contributed by atoms with Crippen LogP contribution in [0, 0.1) is 11.8 Å². The second-order valence-electron chi connectivity index (χ2n) is 4.01. The van der Waals surface area contributed by atoms with Crippen LogP contribution in [0.5, 0.6) is 0 Å². The summed E-state index contributed by atoms with van der Waals surface area (Å²) in [4.78, 5) is 2.52. The molecule has 0 saturated heterocycles. The lowest BCUT2D eigenvalue weighted by Gasteiger charge is -2.24. The molecule has 0 aliphatic carbocycles. The molecule has 0 radical (unpaired) electrons. The third-order valence-electron chi connectivity index (χ3n) is 1.90. The van der Waals surface area contributed by atoms with Gasteiger partial charge in [0.1, 0.15) is 0 Å². The molecular formula is C10H22BrN. The summed E-state index contributed by atoms with van der Waals surface area (Å²) in [7, 11) is 0. The van der Waals surface area contributed by atoms with Crippen molar-refractivity contribution < 1.29 is 0 Å². The van der Waals surface area contributed by atoms with E-state index in [2.05, 4.69) is 48.5 Å². The van der Waals surface area contributed by atoms with Gasteiger partial charge in [0.2, 0.25) is 0 Å². The number of rotatable bonds is 6. The molecule has 0 bridgehead atoms. The first-order valence-corrected chi connectivity index (χ1v) is 6.00. The Morgan fingerprint density at radius 3 is 2.08 bits per heavy atom. The zero-order valence-electron chi connectivity index (χ0n) is 8.81. The molecule has 2 heteroatoms. The van der Waals surface area contributed by atoms with Crippen LogP contribution in [0.4, 0.5) is 0 Å².